The Hall–Kier alpha value is -0.690. The van der Waals surface area contributed by atoms with Crippen LogP contribution in [0.15, 0.2) is 0 Å². The second kappa shape index (κ2) is 9.28. The van der Waals surface area contributed by atoms with Gasteiger partial charge in [0.1, 0.15) is 31.0 Å². The number of aliphatic hydroxyl groups excluding tert-OH is 3. The van der Waals surface area contributed by atoms with Gasteiger partial charge < -0.3 is 24.8 Å². The largest absolute Gasteiger partial charge is 0.463 e. The van der Waals surface area contributed by atoms with E-state index < -0.39 is 24.4 Å². The molecule has 0 aromatic heterocycles. The predicted molar refractivity (Wildman–Crippen MR) is 72.1 cm³/mol. The van der Waals surface area contributed by atoms with Crippen LogP contribution >= 0.6 is 0 Å². The molecule has 1 rings (SSSR count). The van der Waals surface area contributed by atoms with Crippen molar-refractivity contribution in [2.24, 2.45) is 0 Å². The number of carbonyl (C=O) groups is 1. The van der Waals surface area contributed by atoms with Crippen molar-refractivity contribution in [3.05, 3.63) is 0 Å². The van der Waals surface area contributed by atoms with Gasteiger partial charge >= 0.3 is 5.97 Å². The van der Waals surface area contributed by atoms with Crippen molar-refractivity contribution in [1.29, 1.82) is 0 Å². The molecule has 1 saturated heterocycles. The summed E-state index contributed by atoms with van der Waals surface area (Å²) in [5.74, 6) is -0.321. The number of hydrogen-bond acceptors (Lipinski definition) is 6. The lowest BCUT2D eigenvalue weighted by Crippen LogP contribution is -2.54. The minimum Gasteiger partial charge on any atom is -0.463 e. The third-order valence-corrected chi connectivity index (χ3v) is 3.50. The van der Waals surface area contributed by atoms with Gasteiger partial charge in [-0.2, -0.15) is 0 Å². The average Bonchev–Trinajstić information content (AvgIpc) is 2.44. The van der Waals surface area contributed by atoms with Crippen molar-refractivity contribution in [1.82, 2.24) is 0 Å². The van der Waals surface area contributed by atoms with Gasteiger partial charge in [-0.15, -0.1) is 0 Å². The zero-order valence-corrected chi connectivity index (χ0v) is 12.0. The molecular formula is C14H26O6. The molecule has 0 aromatic carbocycles. The van der Waals surface area contributed by atoms with Crippen molar-refractivity contribution in [2.45, 2.75) is 69.9 Å². The maximum atomic E-state index is 11.5. The molecule has 6 nitrogen and oxygen atoms in total. The van der Waals surface area contributed by atoms with Crippen LogP contribution < -0.4 is 0 Å². The monoisotopic (exact) mass is 290 g/mol. The van der Waals surface area contributed by atoms with Gasteiger partial charge in [0.15, 0.2) is 0 Å². The Morgan fingerprint density at radius 3 is 2.55 bits per heavy atom. The van der Waals surface area contributed by atoms with Gasteiger partial charge in [0.2, 0.25) is 0 Å². The topological polar surface area (TPSA) is 96.2 Å². The van der Waals surface area contributed by atoms with Crippen LogP contribution in [0.2, 0.25) is 0 Å². The van der Waals surface area contributed by atoms with E-state index in [0.29, 0.717) is 6.42 Å². The van der Waals surface area contributed by atoms with Crippen molar-refractivity contribution in [3.8, 4) is 0 Å². The zero-order chi connectivity index (χ0) is 15.0. The Morgan fingerprint density at radius 2 is 1.85 bits per heavy atom. The first-order chi connectivity index (χ1) is 9.56. The molecule has 0 bridgehead atoms. The van der Waals surface area contributed by atoms with Crippen LogP contribution in [0.4, 0.5) is 0 Å². The number of carbonyl (C=O) groups excluding carboxylic acids is 1. The zero-order valence-electron chi connectivity index (χ0n) is 12.0. The van der Waals surface area contributed by atoms with E-state index in [1.165, 1.54) is 6.42 Å². The molecule has 6 heteroatoms. The fourth-order valence-electron chi connectivity index (χ4n) is 2.13. The molecule has 0 saturated carbocycles. The van der Waals surface area contributed by atoms with Gasteiger partial charge in [-0.05, 0) is 6.42 Å². The summed E-state index contributed by atoms with van der Waals surface area (Å²) >= 11 is 0. The van der Waals surface area contributed by atoms with E-state index in [1.54, 1.807) is 0 Å². The van der Waals surface area contributed by atoms with E-state index >= 15 is 0 Å². The number of rotatable bonds is 8. The fourth-order valence-corrected chi connectivity index (χ4v) is 2.13. The van der Waals surface area contributed by atoms with Gasteiger partial charge in [0.05, 0.1) is 6.61 Å². The molecule has 4 atom stereocenters. The number of esters is 1. The van der Waals surface area contributed by atoms with Crippen LogP contribution in [0.3, 0.4) is 0 Å². The highest BCUT2D eigenvalue weighted by Crippen LogP contribution is 2.16. The molecule has 1 heterocycles. The lowest BCUT2D eigenvalue weighted by Gasteiger charge is -2.34. The van der Waals surface area contributed by atoms with Crippen molar-refractivity contribution in [2.75, 3.05) is 13.2 Å². The third kappa shape index (κ3) is 5.75. The first-order valence-electron chi connectivity index (χ1n) is 7.37. The number of unbranched alkanes of at least 4 members (excludes halogenated alkanes) is 4. The number of ether oxygens (including phenoxy) is 2. The predicted octanol–water partition coefficient (Wildman–Crippen LogP) is 0.372. The lowest BCUT2D eigenvalue weighted by molar-refractivity contribution is -0.201. The van der Waals surface area contributed by atoms with E-state index in [2.05, 4.69) is 6.92 Å². The molecule has 3 N–H and O–H groups in total. The molecule has 1 aliphatic heterocycles. The molecule has 1 fully saturated rings. The van der Waals surface area contributed by atoms with Crippen LogP contribution in [-0.2, 0) is 14.3 Å². The molecule has 1 aliphatic rings. The summed E-state index contributed by atoms with van der Waals surface area (Å²) in [6.07, 6.45) is 1.25. The normalized spacial score (nSPS) is 30.2. The minimum absolute atomic E-state index is 0.0720. The van der Waals surface area contributed by atoms with Gasteiger partial charge in [0.25, 0.3) is 0 Å². The number of hydrogen-bond donors (Lipinski definition) is 3. The van der Waals surface area contributed by atoms with E-state index in [4.69, 9.17) is 9.47 Å². The maximum Gasteiger partial charge on any atom is 0.305 e. The van der Waals surface area contributed by atoms with E-state index in [0.717, 1.165) is 25.7 Å². The van der Waals surface area contributed by atoms with Crippen LogP contribution in [-0.4, -0.2) is 58.9 Å². The molecule has 0 spiro atoms. The summed E-state index contributed by atoms with van der Waals surface area (Å²) in [5.41, 5.74) is 0. The summed E-state index contributed by atoms with van der Waals surface area (Å²) < 4.78 is 10.2. The minimum atomic E-state index is -1.26. The molecular weight excluding hydrogens is 264 g/mol. The molecule has 20 heavy (non-hydrogen) atoms. The molecule has 0 radical (unpaired) electrons. The van der Waals surface area contributed by atoms with Gasteiger partial charge in [-0.25, -0.2) is 0 Å². The van der Waals surface area contributed by atoms with Crippen molar-refractivity contribution >= 4 is 5.97 Å². The first-order valence-corrected chi connectivity index (χ1v) is 7.37. The highest BCUT2D eigenvalue weighted by Gasteiger charge is 2.37. The van der Waals surface area contributed by atoms with E-state index in [9.17, 15) is 20.1 Å². The van der Waals surface area contributed by atoms with Crippen LogP contribution in [0, 0.1) is 0 Å². The second-order valence-electron chi connectivity index (χ2n) is 5.27. The first kappa shape index (κ1) is 17.4. The summed E-state index contributed by atoms with van der Waals surface area (Å²) in [7, 11) is 0. The molecule has 0 aromatic rings. The third-order valence-electron chi connectivity index (χ3n) is 3.50. The standard InChI is InChI=1S/C14H26O6/c1-2-3-4-5-6-7-12(16)20-9-11-14(18)13(17)10(15)8-19-11/h10-11,13-15,17-18H,2-9H2,1H3/t10-,11-,13-,14-/m1/s1. The second-order valence-corrected chi connectivity index (χ2v) is 5.27. The van der Waals surface area contributed by atoms with Crippen LogP contribution in [0.1, 0.15) is 45.4 Å². The summed E-state index contributed by atoms with van der Waals surface area (Å²) in [4.78, 5) is 11.5. The van der Waals surface area contributed by atoms with Crippen molar-refractivity contribution in [3.63, 3.8) is 0 Å². The molecule has 118 valence electrons. The molecule has 0 amide bonds. The Balaban J connectivity index is 2.14. The summed E-state index contributed by atoms with van der Waals surface area (Å²) in [6.45, 7) is 1.96. The Bertz CT molecular complexity index is 283. The van der Waals surface area contributed by atoms with E-state index in [-0.39, 0.29) is 19.2 Å². The smallest absolute Gasteiger partial charge is 0.305 e. The lowest BCUT2D eigenvalue weighted by atomic mass is 10.0. The van der Waals surface area contributed by atoms with Gasteiger partial charge in [-0.1, -0.05) is 32.6 Å². The van der Waals surface area contributed by atoms with Gasteiger partial charge in [-0.3, -0.25) is 4.79 Å². The SMILES string of the molecule is CCCCCCCC(=O)OC[C@H]1OC[C@@H](O)[C@@H](O)[C@@H]1O. The average molecular weight is 290 g/mol. The highest BCUT2D eigenvalue weighted by molar-refractivity contribution is 5.69. The Morgan fingerprint density at radius 1 is 1.15 bits per heavy atom. The van der Waals surface area contributed by atoms with Crippen molar-refractivity contribution < 1.29 is 29.6 Å². The Kier molecular flexibility index (Phi) is 8.06. The van der Waals surface area contributed by atoms with Crippen LogP contribution in [0.5, 0.6) is 0 Å². The molecule has 0 aliphatic carbocycles. The van der Waals surface area contributed by atoms with Crippen LogP contribution in [0.25, 0.3) is 0 Å². The van der Waals surface area contributed by atoms with Gasteiger partial charge in [0, 0.05) is 6.42 Å². The van der Waals surface area contributed by atoms with E-state index in [1.807, 2.05) is 0 Å². The fraction of sp³-hybridized carbons (Fsp3) is 0.929. The maximum absolute atomic E-state index is 11.5. The number of aliphatic hydroxyl groups is 3. The Labute approximate surface area is 119 Å². The summed E-state index contributed by atoms with van der Waals surface area (Å²) in [6, 6.07) is 0. The summed E-state index contributed by atoms with van der Waals surface area (Å²) in [5, 5.41) is 28.4. The molecule has 0 unspecified atom stereocenters. The quantitative estimate of drug-likeness (QED) is 0.441. The highest BCUT2D eigenvalue weighted by atomic mass is 16.6.